The first-order chi connectivity index (χ1) is 12.0. The van der Waals surface area contributed by atoms with Crippen molar-refractivity contribution in [3.05, 3.63) is 51.5 Å². The number of carbonyl (C=O) groups is 2. The molecule has 1 aromatic carbocycles. The van der Waals surface area contributed by atoms with Crippen molar-refractivity contribution >= 4 is 28.9 Å². The second kappa shape index (κ2) is 7.57. The van der Waals surface area contributed by atoms with Gasteiger partial charge in [0.2, 0.25) is 5.01 Å². The molecule has 130 valence electrons. The van der Waals surface area contributed by atoms with Crippen molar-refractivity contribution in [2.45, 2.75) is 33.3 Å². The van der Waals surface area contributed by atoms with Gasteiger partial charge in [-0.25, -0.2) is 4.79 Å². The van der Waals surface area contributed by atoms with Crippen molar-refractivity contribution in [1.29, 1.82) is 0 Å². The lowest BCUT2D eigenvalue weighted by molar-refractivity contribution is -0.139. The number of hydrogen-bond acceptors (Lipinski definition) is 6. The topological polar surface area (TPSA) is 81.2 Å². The SMILES string of the molecule is C/C(=C\C(=O)OCc1nnc(C(=O)Nc2ccc(C)cc2)s1)C1CC1. The van der Waals surface area contributed by atoms with Crippen LogP contribution in [0.5, 0.6) is 0 Å². The molecule has 1 saturated carbocycles. The molecule has 0 bridgehead atoms. The fraction of sp³-hybridized carbons (Fsp3) is 0.333. The molecule has 3 rings (SSSR count). The third-order valence-electron chi connectivity index (χ3n) is 3.88. The van der Waals surface area contributed by atoms with E-state index in [2.05, 4.69) is 15.5 Å². The van der Waals surface area contributed by atoms with Crippen molar-refractivity contribution in [1.82, 2.24) is 10.2 Å². The highest BCUT2D eigenvalue weighted by Gasteiger charge is 2.23. The summed E-state index contributed by atoms with van der Waals surface area (Å²) in [5.74, 6) is -0.181. The Kier molecular flexibility index (Phi) is 5.23. The van der Waals surface area contributed by atoms with Gasteiger partial charge in [-0.3, -0.25) is 4.79 Å². The smallest absolute Gasteiger partial charge is 0.331 e. The van der Waals surface area contributed by atoms with E-state index in [4.69, 9.17) is 4.74 Å². The minimum atomic E-state index is -0.384. The molecule has 0 spiro atoms. The summed E-state index contributed by atoms with van der Waals surface area (Å²) in [7, 11) is 0. The molecule has 1 heterocycles. The van der Waals surface area contributed by atoms with Gasteiger partial charge in [-0.1, -0.05) is 34.6 Å². The predicted octanol–water partition coefficient (Wildman–Crippen LogP) is 3.50. The zero-order valence-electron chi connectivity index (χ0n) is 14.1. The molecule has 6 nitrogen and oxygen atoms in total. The molecule has 0 aliphatic heterocycles. The van der Waals surface area contributed by atoms with Gasteiger partial charge >= 0.3 is 5.97 Å². The monoisotopic (exact) mass is 357 g/mol. The maximum absolute atomic E-state index is 12.2. The highest BCUT2D eigenvalue weighted by Crippen LogP contribution is 2.35. The number of nitrogens with zero attached hydrogens (tertiary/aromatic N) is 2. The Hall–Kier alpha value is -2.54. The van der Waals surface area contributed by atoms with Gasteiger partial charge in [0.25, 0.3) is 5.91 Å². The fourth-order valence-electron chi connectivity index (χ4n) is 2.24. The molecule has 0 radical (unpaired) electrons. The number of rotatable bonds is 6. The summed E-state index contributed by atoms with van der Waals surface area (Å²) in [6.07, 6.45) is 3.82. The highest BCUT2D eigenvalue weighted by atomic mass is 32.1. The van der Waals surface area contributed by atoms with Crippen molar-refractivity contribution in [2.24, 2.45) is 5.92 Å². The highest BCUT2D eigenvalue weighted by molar-refractivity contribution is 7.13. The van der Waals surface area contributed by atoms with Gasteiger partial charge in [0, 0.05) is 11.8 Å². The number of allylic oxidation sites excluding steroid dienone is 1. The minimum Gasteiger partial charge on any atom is -0.455 e. The van der Waals surface area contributed by atoms with Crippen LogP contribution < -0.4 is 5.32 Å². The Bertz CT molecular complexity index is 807. The molecule has 1 aromatic heterocycles. The summed E-state index contributed by atoms with van der Waals surface area (Å²) in [5.41, 5.74) is 2.86. The van der Waals surface area contributed by atoms with Gasteiger partial charge in [-0.05, 0) is 44.7 Å². The molecule has 1 N–H and O–H groups in total. The van der Waals surface area contributed by atoms with E-state index in [1.165, 1.54) is 6.08 Å². The number of anilines is 1. The quantitative estimate of drug-likeness (QED) is 0.632. The van der Waals surface area contributed by atoms with Crippen LogP contribution in [0.3, 0.4) is 0 Å². The summed E-state index contributed by atoms with van der Waals surface area (Å²) in [4.78, 5) is 23.9. The van der Waals surface area contributed by atoms with Gasteiger partial charge in [0.1, 0.15) is 6.61 Å². The minimum absolute atomic E-state index is 0.0166. The Morgan fingerprint density at radius 3 is 2.68 bits per heavy atom. The van der Waals surface area contributed by atoms with Crippen molar-refractivity contribution in [3.63, 3.8) is 0 Å². The van der Waals surface area contributed by atoms with Crippen LogP contribution in [-0.4, -0.2) is 22.1 Å². The number of nitrogens with one attached hydrogen (secondary N) is 1. The first-order valence-electron chi connectivity index (χ1n) is 8.06. The largest absolute Gasteiger partial charge is 0.455 e. The predicted molar refractivity (Wildman–Crippen MR) is 95.3 cm³/mol. The van der Waals surface area contributed by atoms with Crippen LogP contribution in [0.25, 0.3) is 0 Å². The van der Waals surface area contributed by atoms with Gasteiger partial charge in [0.05, 0.1) is 0 Å². The van der Waals surface area contributed by atoms with Crippen LogP contribution in [0.4, 0.5) is 5.69 Å². The van der Waals surface area contributed by atoms with E-state index in [1.807, 2.05) is 38.1 Å². The Labute approximate surface area is 149 Å². The fourth-order valence-corrected chi connectivity index (χ4v) is 2.89. The van der Waals surface area contributed by atoms with Gasteiger partial charge in [-0.2, -0.15) is 0 Å². The molecule has 1 fully saturated rings. The number of aromatic nitrogens is 2. The standard InChI is InChI=1S/C18H19N3O3S/c1-11-3-7-14(8-4-11)19-17(23)18-21-20-15(25-18)10-24-16(22)9-12(2)13-5-6-13/h3-4,7-9,13H,5-6,10H2,1-2H3,(H,19,23)/b12-9+. The normalized spacial score (nSPS) is 14.2. The molecule has 0 unspecified atom stereocenters. The molecule has 1 aliphatic carbocycles. The molecule has 0 atom stereocenters. The Morgan fingerprint density at radius 1 is 1.28 bits per heavy atom. The van der Waals surface area contributed by atoms with Crippen molar-refractivity contribution in [2.75, 3.05) is 5.32 Å². The number of esters is 1. The number of amides is 1. The summed E-state index contributed by atoms with van der Waals surface area (Å²) in [5, 5.41) is 11.2. The molecule has 1 amide bonds. The molecule has 2 aromatic rings. The average Bonchev–Trinajstić information content (AvgIpc) is 3.33. The lowest BCUT2D eigenvalue weighted by Gasteiger charge is -2.02. The van der Waals surface area contributed by atoms with Crippen molar-refractivity contribution in [3.8, 4) is 0 Å². The zero-order chi connectivity index (χ0) is 17.8. The first kappa shape index (κ1) is 17.3. The summed E-state index contributed by atoms with van der Waals surface area (Å²) >= 11 is 1.11. The first-order valence-corrected chi connectivity index (χ1v) is 8.88. The summed E-state index contributed by atoms with van der Waals surface area (Å²) < 4.78 is 5.16. The number of hydrogen-bond donors (Lipinski definition) is 1. The second-order valence-electron chi connectivity index (χ2n) is 6.09. The number of aryl methyl sites for hydroxylation is 1. The van der Waals surface area contributed by atoms with Crippen LogP contribution >= 0.6 is 11.3 Å². The zero-order valence-corrected chi connectivity index (χ0v) is 14.9. The van der Waals surface area contributed by atoms with E-state index in [0.29, 0.717) is 16.6 Å². The Balaban J connectivity index is 1.52. The van der Waals surface area contributed by atoms with Crippen molar-refractivity contribution < 1.29 is 14.3 Å². The lowest BCUT2D eigenvalue weighted by Crippen LogP contribution is -2.11. The maximum Gasteiger partial charge on any atom is 0.331 e. The molecule has 0 saturated heterocycles. The molecule has 7 heteroatoms. The third kappa shape index (κ3) is 4.96. The van der Waals surface area contributed by atoms with E-state index in [-0.39, 0.29) is 23.5 Å². The number of carbonyl (C=O) groups excluding carboxylic acids is 2. The van der Waals surface area contributed by atoms with E-state index in [0.717, 1.165) is 35.3 Å². The summed E-state index contributed by atoms with van der Waals surface area (Å²) in [6.45, 7) is 3.94. The van der Waals surface area contributed by atoms with Gasteiger partial charge in [0.15, 0.2) is 5.01 Å². The molecule has 25 heavy (non-hydrogen) atoms. The van der Waals surface area contributed by atoms with Crippen LogP contribution in [0.1, 0.15) is 40.1 Å². The van der Waals surface area contributed by atoms with E-state index < -0.39 is 0 Å². The van der Waals surface area contributed by atoms with E-state index >= 15 is 0 Å². The van der Waals surface area contributed by atoms with Gasteiger partial charge in [-0.15, -0.1) is 10.2 Å². The van der Waals surface area contributed by atoms with Crippen LogP contribution in [0.2, 0.25) is 0 Å². The number of ether oxygens (including phenoxy) is 1. The van der Waals surface area contributed by atoms with Gasteiger partial charge < -0.3 is 10.1 Å². The summed E-state index contributed by atoms with van der Waals surface area (Å²) in [6, 6.07) is 7.48. The van der Waals surface area contributed by atoms with Crippen LogP contribution in [0.15, 0.2) is 35.9 Å². The molecular formula is C18H19N3O3S. The van der Waals surface area contributed by atoms with E-state index in [1.54, 1.807) is 0 Å². The lowest BCUT2D eigenvalue weighted by atomic mass is 10.2. The second-order valence-corrected chi connectivity index (χ2v) is 7.15. The molecular weight excluding hydrogens is 338 g/mol. The van der Waals surface area contributed by atoms with E-state index in [9.17, 15) is 9.59 Å². The number of benzene rings is 1. The molecule has 1 aliphatic rings. The Morgan fingerprint density at radius 2 is 2.00 bits per heavy atom. The van der Waals surface area contributed by atoms with Crippen LogP contribution in [0, 0.1) is 12.8 Å². The third-order valence-corrected chi connectivity index (χ3v) is 4.77. The average molecular weight is 357 g/mol. The van der Waals surface area contributed by atoms with Crippen LogP contribution in [-0.2, 0) is 16.1 Å². The maximum atomic E-state index is 12.2.